The normalized spacial score (nSPS) is 28.3. The van der Waals surface area contributed by atoms with Gasteiger partial charge in [-0.25, -0.2) is 0 Å². The molecule has 0 saturated carbocycles. The Morgan fingerprint density at radius 2 is 2.20 bits per heavy atom. The summed E-state index contributed by atoms with van der Waals surface area (Å²) in [5, 5.41) is 4.36. The number of benzene rings is 1. The number of morpholine rings is 1. The maximum atomic E-state index is 5.97. The molecular weight excluding hydrogens is 272 g/mol. The molecule has 1 aromatic carbocycles. The van der Waals surface area contributed by atoms with Crippen molar-refractivity contribution in [2.75, 3.05) is 26.2 Å². The smallest absolute Gasteiger partial charge is 0.0827 e. The summed E-state index contributed by atoms with van der Waals surface area (Å²) in [5.41, 5.74) is 1.27. The summed E-state index contributed by atoms with van der Waals surface area (Å²) >= 11 is 5.92. The first kappa shape index (κ1) is 14.3. The Morgan fingerprint density at radius 3 is 3.00 bits per heavy atom. The fourth-order valence-electron chi connectivity index (χ4n) is 3.19. The van der Waals surface area contributed by atoms with Crippen molar-refractivity contribution in [3.05, 3.63) is 34.9 Å². The second-order valence-corrected chi connectivity index (χ2v) is 6.36. The van der Waals surface area contributed by atoms with Gasteiger partial charge in [0, 0.05) is 30.2 Å². The van der Waals surface area contributed by atoms with Gasteiger partial charge >= 0.3 is 0 Å². The van der Waals surface area contributed by atoms with Crippen LogP contribution in [-0.2, 0) is 4.74 Å². The Labute approximate surface area is 126 Å². The number of ether oxygens (including phenoxy) is 1. The van der Waals surface area contributed by atoms with E-state index in [4.69, 9.17) is 16.3 Å². The third-order valence-electron chi connectivity index (χ3n) is 4.48. The molecule has 0 aliphatic carbocycles. The highest BCUT2D eigenvalue weighted by Gasteiger charge is 2.32. The topological polar surface area (TPSA) is 24.5 Å². The summed E-state index contributed by atoms with van der Waals surface area (Å²) in [6.45, 7) is 6.32. The van der Waals surface area contributed by atoms with Crippen molar-refractivity contribution >= 4 is 11.6 Å². The largest absolute Gasteiger partial charge is 0.374 e. The van der Waals surface area contributed by atoms with Crippen LogP contribution in [-0.4, -0.2) is 43.3 Å². The second kappa shape index (κ2) is 6.44. The Bertz CT molecular complexity index is 437. The summed E-state index contributed by atoms with van der Waals surface area (Å²) in [6.07, 6.45) is 2.95. The minimum atomic E-state index is 0.319. The van der Waals surface area contributed by atoms with Crippen LogP contribution in [0, 0.1) is 0 Å². The molecule has 2 fully saturated rings. The Morgan fingerprint density at radius 1 is 1.40 bits per heavy atom. The van der Waals surface area contributed by atoms with Gasteiger partial charge in [0.25, 0.3) is 0 Å². The lowest BCUT2D eigenvalue weighted by molar-refractivity contribution is -0.0477. The molecule has 2 saturated heterocycles. The first-order chi connectivity index (χ1) is 9.72. The van der Waals surface area contributed by atoms with Crippen LogP contribution in [0.2, 0.25) is 5.02 Å². The molecular formula is C16H23ClN2O. The van der Waals surface area contributed by atoms with Crippen molar-refractivity contribution < 1.29 is 4.74 Å². The molecule has 2 aliphatic rings. The van der Waals surface area contributed by atoms with Crippen LogP contribution >= 0.6 is 11.6 Å². The molecule has 3 rings (SSSR count). The third-order valence-corrected chi connectivity index (χ3v) is 4.74. The SMILES string of the molecule is CC(NCC1CN2CCCC2CO1)c1ccc(Cl)cc1. The van der Waals surface area contributed by atoms with Crippen molar-refractivity contribution in [3.63, 3.8) is 0 Å². The van der Waals surface area contributed by atoms with Gasteiger partial charge in [0.1, 0.15) is 0 Å². The van der Waals surface area contributed by atoms with Crippen LogP contribution in [0.3, 0.4) is 0 Å². The van der Waals surface area contributed by atoms with Crippen LogP contribution < -0.4 is 5.32 Å². The zero-order valence-electron chi connectivity index (χ0n) is 12.0. The first-order valence-electron chi connectivity index (χ1n) is 7.57. The van der Waals surface area contributed by atoms with E-state index in [0.717, 1.165) is 24.7 Å². The van der Waals surface area contributed by atoms with Gasteiger partial charge in [0.2, 0.25) is 0 Å². The molecule has 0 radical (unpaired) electrons. The lowest BCUT2D eigenvalue weighted by Crippen LogP contribution is -2.49. The van der Waals surface area contributed by atoms with E-state index < -0.39 is 0 Å². The quantitative estimate of drug-likeness (QED) is 0.924. The van der Waals surface area contributed by atoms with E-state index in [9.17, 15) is 0 Å². The number of rotatable bonds is 4. The van der Waals surface area contributed by atoms with Crippen molar-refractivity contribution in [3.8, 4) is 0 Å². The zero-order valence-corrected chi connectivity index (χ0v) is 12.8. The van der Waals surface area contributed by atoms with E-state index in [1.54, 1.807) is 0 Å². The molecule has 4 heteroatoms. The maximum absolute atomic E-state index is 5.97. The fourth-order valence-corrected chi connectivity index (χ4v) is 3.31. The van der Waals surface area contributed by atoms with Gasteiger partial charge < -0.3 is 10.1 Å². The van der Waals surface area contributed by atoms with Crippen LogP contribution in [0.15, 0.2) is 24.3 Å². The zero-order chi connectivity index (χ0) is 13.9. The lowest BCUT2D eigenvalue weighted by atomic mass is 10.1. The van der Waals surface area contributed by atoms with Crippen molar-refractivity contribution in [2.45, 2.75) is 38.0 Å². The molecule has 2 aliphatic heterocycles. The standard InChI is InChI=1S/C16H23ClN2O/c1-12(13-4-6-14(17)7-5-13)18-9-16-10-19-8-2-3-15(19)11-20-16/h4-7,12,15-16,18H,2-3,8-11H2,1H3. The van der Waals surface area contributed by atoms with Crippen LogP contribution in [0.5, 0.6) is 0 Å². The molecule has 1 N–H and O–H groups in total. The summed E-state index contributed by atoms with van der Waals surface area (Å²) in [7, 11) is 0. The molecule has 1 aromatic rings. The number of nitrogens with one attached hydrogen (secondary N) is 1. The molecule has 0 spiro atoms. The summed E-state index contributed by atoms with van der Waals surface area (Å²) in [4.78, 5) is 2.59. The average molecular weight is 295 g/mol. The molecule has 0 amide bonds. The van der Waals surface area contributed by atoms with Gasteiger partial charge in [-0.05, 0) is 44.0 Å². The van der Waals surface area contributed by atoms with Gasteiger partial charge in [-0.1, -0.05) is 23.7 Å². The van der Waals surface area contributed by atoms with Gasteiger partial charge in [-0.15, -0.1) is 0 Å². The van der Waals surface area contributed by atoms with E-state index >= 15 is 0 Å². The Hall–Kier alpha value is -0.610. The van der Waals surface area contributed by atoms with E-state index in [1.165, 1.54) is 24.9 Å². The molecule has 3 unspecified atom stereocenters. The molecule has 0 bridgehead atoms. The molecule has 110 valence electrons. The minimum absolute atomic E-state index is 0.319. The van der Waals surface area contributed by atoms with E-state index in [1.807, 2.05) is 12.1 Å². The summed E-state index contributed by atoms with van der Waals surface area (Å²) < 4.78 is 5.97. The van der Waals surface area contributed by atoms with Crippen molar-refractivity contribution in [1.29, 1.82) is 0 Å². The molecule has 20 heavy (non-hydrogen) atoms. The van der Waals surface area contributed by atoms with E-state index in [2.05, 4.69) is 29.3 Å². The van der Waals surface area contributed by atoms with Gasteiger partial charge in [-0.3, -0.25) is 4.90 Å². The lowest BCUT2D eigenvalue weighted by Gasteiger charge is -2.35. The number of halogens is 1. The second-order valence-electron chi connectivity index (χ2n) is 5.93. The average Bonchev–Trinajstić information content (AvgIpc) is 2.93. The van der Waals surface area contributed by atoms with Gasteiger partial charge in [0.05, 0.1) is 12.7 Å². The molecule has 3 atom stereocenters. The van der Waals surface area contributed by atoms with E-state index in [-0.39, 0.29) is 0 Å². The minimum Gasteiger partial charge on any atom is -0.374 e. The Balaban J connectivity index is 1.48. The highest BCUT2D eigenvalue weighted by Crippen LogP contribution is 2.23. The van der Waals surface area contributed by atoms with Gasteiger partial charge in [0.15, 0.2) is 0 Å². The number of hydrogen-bond donors (Lipinski definition) is 1. The van der Waals surface area contributed by atoms with Crippen LogP contribution in [0.25, 0.3) is 0 Å². The molecule has 3 nitrogen and oxygen atoms in total. The highest BCUT2D eigenvalue weighted by atomic mass is 35.5. The summed E-state index contributed by atoms with van der Waals surface area (Å²) in [6, 6.07) is 9.06. The number of hydrogen-bond acceptors (Lipinski definition) is 3. The number of fused-ring (bicyclic) bond motifs is 1. The summed E-state index contributed by atoms with van der Waals surface area (Å²) in [5.74, 6) is 0. The molecule has 0 aromatic heterocycles. The highest BCUT2D eigenvalue weighted by molar-refractivity contribution is 6.30. The van der Waals surface area contributed by atoms with Crippen molar-refractivity contribution in [1.82, 2.24) is 10.2 Å². The van der Waals surface area contributed by atoms with Gasteiger partial charge in [-0.2, -0.15) is 0 Å². The maximum Gasteiger partial charge on any atom is 0.0827 e. The Kier molecular flexibility index (Phi) is 4.61. The monoisotopic (exact) mass is 294 g/mol. The number of nitrogens with zero attached hydrogens (tertiary/aromatic N) is 1. The third kappa shape index (κ3) is 3.34. The van der Waals surface area contributed by atoms with Crippen molar-refractivity contribution in [2.24, 2.45) is 0 Å². The first-order valence-corrected chi connectivity index (χ1v) is 7.94. The fraction of sp³-hybridized carbons (Fsp3) is 0.625. The van der Waals surface area contributed by atoms with Crippen LogP contribution in [0.1, 0.15) is 31.4 Å². The van der Waals surface area contributed by atoms with E-state index in [0.29, 0.717) is 18.2 Å². The predicted molar refractivity (Wildman–Crippen MR) is 82.2 cm³/mol. The molecule has 2 heterocycles. The van der Waals surface area contributed by atoms with Crippen LogP contribution in [0.4, 0.5) is 0 Å². The predicted octanol–water partition coefficient (Wildman–Crippen LogP) is 2.85.